The summed E-state index contributed by atoms with van der Waals surface area (Å²) in [6.07, 6.45) is 0. The van der Waals surface area contributed by atoms with E-state index in [1.807, 2.05) is 12.1 Å². The molecule has 1 aliphatic carbocycles. The number of benzene rings is 10. The molecule has 10 aromatic carbocycles. The van der Waals surface area contributed by atoms with Crippen LogP contribution in [0.4, 0.5) is 17.1 Å². The van der Waals surface area contributed by atoms with E-state index in [0.717, 1.165) is 39.0 Å². The molecule has 0 unspecified atom stereocenters. The van der Waals surface area contributed by atoms with Crippen molar-refractivity contribution in [3.05, 3.63) is 236 Å². The van der Waals surface area contributed by atoms with E-state index in [2.05, 4.69) is 231 Å². The Labute approximate surface area is 368 Å². The van der Waals surface area contributed by atoms with Crippen molar-refractivity contribution in [1.29, 1.82) is 0 Å². The maximum Gasteiger partial charge on any atom is 0.137 e. The molecule has 1 aliphatic rings. The number of rotatable bonds is 7. The lowest BCUT2D eigenvalue weighted by Gasteiger charge is -2.27. The molecule has 12 rings (SSSR count). The molecule has 0 aliphatic heterocycles. The summed E-state index contributed by atoms with van der Waals surface area (Å²) in [5, 5.41) is 4.76. The molecule has 0 amide bonds. The van der Waals surface area contributed by atoms with Gasteiger partial charge in [-0.05, 0) is 132 Å². The van der Waals surface area contributed by atoms with E-state index < -0.39 is 0 Å². The van der Waals surface area contributed by atoms with Crippen LogP contribution in [0.2, 0.25) is 0 Å². The van der Waals surface area contributed by atoms with Crippen LogP contribution in [-0.2, 0) is 5.41 Å². The van der Waals surface area contributed by atoms with Crippen LogP contribution in [0.15, 0.2) is 229 Å². The van der Waals surface area contributed by atoms with Crippen molar-refractivity contribution in [2.24, 2.45) is 0 Å². The molecule has 298 valence electrons. The average Bonchev–Trinajstić information content (AvgIpc) is 3.83. The summed E-state index contributed by atoms with van der Waals surface area (Å²) >= 11 is 0. The van der Waals surface area contributed by atoms with Gasteiger partial charge in [0.2, 0.25) is 0 Å². The van der Waals surface area contributed by atoms with Crippen LogP contribution in [0.1, 0.15) is 25.0 Å². The highest BCUT2D eigenvalue weighted by Crippen LogP contribution is 2.52. The SMILES string of the molecule is CC1(C)c2ccccc2-c2cccc(-c3ccc(N(c4ccc(-c5ccc(-c6cccc(-c7ccc8ccccc8c7)c6)cc5)cc4)c4ccc5c(c4)oc4ccccc45)cc3)c21. The van der Waals surface area contributed by atoms with Gasteiger partial charge in [0, 0.05) is 39.3 Å². The highest BCUT2D eigenvalue weighted by Gasteiger charge is 2.37. The number of anilines is 3. The maximum atomic E-state index is 6.42. The Morgan fingerprint density at radius 2 is 0.857 bits per heavy atom. The first kappa shape index (κ1) is 36.9. The van der Waals surface area contributed by atoms with Gasteiger partial charge >= 0.3 is 0 Å². The molecule has 0 fully saturated rings. The first-order valence-corrected chi connectivity index (χ1v) is 21.8. The van der Waals surface area contributed by atoms with E-state index in [0.29, 0.717) is 0 Å². The molecule has 63 heavy (non-hydrogen) atoms. The molecule has 0 spiro atoms. The van der Waals surface area contributed by atoms with Gasteiger partial charge in [-0.15, -0.1) is 0 Å². The molecule has 1 aromatic heterocycles. The second-order valence-corrected chi connectivity index (χ2v) is 17.3. The molecule has 0 N–H and O–H groups in total. The Balaban J connectivity index is 0.879. The fourth-order valence-corrected chi connectivity index (χ4v) is 10.1. The molecule has 0 saturated carbocycles. The van der Waals surface area contributed by atoms with Gasteiger partial charge in [-0.2, -0.15) is 0 Å². The van der Waals surface area contributed by atoms with Gasteiger partial charge < -0.3 is 9.32 Å². The predicted octanol–water partition coefficient (Wildman–Crippen LogP) is 17.2. The third-order valence-corrected chi connectivity index (χ3v) is 13.3. The monoisotopic (exact) mass is 805 g/mol. The Morgan fingerprint density at radius 3 is 1.63 bits per heavy atom. The number of fused-ring (bicyclic) bond motifs is 7. The van der Waals surface area contributed by atoms with Crippen molar-refractivity contribution >= 4 is 49.8 Å². The summed E-state index contributed by atoms with van der Waals surface area (Å²) in [5.74, 6) is 0. The number of furan rings is 1. The van der Waals surface area contributed by atoms with Crippen molar-refractivity contribution in [1.82, 2.24) is 0 Å². The third kappa shape index (κ3) is 6.25. The van der Waals surface area contributed by atoms with E-state index in [4.69, 9.17) is 4.42 Å². The standard InChI is InChI=1S/C61H43NO/c1-61(2)57-19-7-5-15-53(57)56-18-10-17-52(60(56)61)44-29-33-50(34-30-44)62(51-35-36-55-54-16-6-8-20-58(54)63-59(55)39-51)49-31-27-42(28-32-49)41-21-23-43(24-22-41)46-13-9-14-47(37-46)48-26-25-40-11-3-4-12-45(40)38-48/h3-39H,1-2H3. The van der Waals surface area contributed by atoms with E-state index in [9.17, 15) is 0 Å². The number of nitrogens with zero attached hydrogens (tertiary/aromatic N) is 1. The molecule has 2 nitrogen and oxygen atoms in total. The van der Waals surface area contributed by atoms with Gasteiger partial charge in [-0.25, -0.2) is 0 Å². The lowest BCUT2D eigenvalue weighted by molar-refractivity contribution is 0.662. The van der Waals surface area contributed by atoms with Crippen molar-refractivity contribution in [2.75, 3.05) is 4.90 Å². The van der Waals surface area contributed by atoms with Crippen molar-refractivity contribution in [3.8, 4) is 55.6 Å². The number of para-hydroxylation sites is 1. The van der Waals surface area contributed by atoms with Gasteiger partial charge in [0.05, 0.1) is 0 Å². The highest BCUT2D eigenvalue weighted by atomic mass is 16.3. The largest absolute Gasteiger partial charge is 0.456 e. The second-order valence-electron chi connectivity index (χ2n) is 17.3. The van der Waals surface area contributed by atoms with Crippen molar-refractivity contribution in [2.45, 2.75) is 19.3 Å². The van der Waals surface area contributed by atoms with Gasteiger partial charge in [0.15, 0.2) is 0 Å². The fraction of sp³-hybridized carbons (Fsp3) is 0.0492. The Kier molecular flexibility index (Phi) is 8.55. The zero-order valence-corrected chi connectivity index (χ0v) is 35.2. The number of hydrogen-bond donors (Lipinski definition) is 0. The van der Waals surface area contributed by atoms with Crippen LogP contribution in [0.25, 0.3) is 88.3 Å². The lowest BCUT2D eigenvalue weighted by atomic mass is 9.79. The number of hydrogen-bond acceptors (Lipinski definition) is 2. The summed E-state index contributed by atoms with van der Waals surface area (Å²) in [6, 6.07) is 81.5. The molecular formula is C61H43NO. The molecule has 0 radical (unpaired) electrons. The highest BCUT2D eigenvalue weighted by molar-refractivity contribution is 6.06. The van der Waals surface area contributed by atoms with Crippen LogP contribution in [0, 0.1) is 0 Å². The first-order valence-electron chi connectivity index (χ1n) is 21.8. The summed E-state index contributed by atoms with van der Waals surface area (Å²) in [6.45, 7) is 4.71. The first-order chi connectivity index (χ1) is 31.0. The van der Waals surface area contributed by atoms with Gasteiger partial charge in [-0.1, -0.05) is 178 Å². The van der Waals surface area contributed by atoms with Gasteiger partial charge in [-0.3, -0.25) is 0 Å². The van der Waals surface area contributed by atoms with Gasteiger partial charge in [0.25, 0.3) is 0 Å². The third-order valence-electron chi connectivity index (χ3n) is 13.3. The van der Waals surface area contributed by atoms with E-state index >= 15 is 0 Å². The topological polar surface area (TPSA) is 16.4 Å². The van der Waals surface area contributed by atoms with E-state index in [1.54, 1.807) is 0 Å². The molecular weight excluding hydrogens is 763 g/mol. The molecule has 11 aromatic rings. The Bertz CT molecular complexity index is 3520. The van der Waals surface area contributed by atoms with Crippen LogP contribution in [-0.4, -0.2) is 0 Å². The van der Waals surface area contributed by atoms with Crippen molar-refractivity contribution in [3.63, 3.8) is 0 Å². The van der Waals surface area contributed by atoms with Crippen molar-refractivity contribution < 1.29 is 4.42 Å². The maximum absolute atomic E-state index is 6.42. The predicted molar refractivity (Wildman–Crippen MR) is 265 cm³/mol. The molecule has 1 heterocycles. The molecule has 2 heteroatoms. The normalized spacial score (nSPS) is 12.7. The van der Waals surface area contributed by atoms with E-state index in [-0.39, 0.29) is 5.41 Å². The lowest BCUT2D eigenvalue weighted by Crippen LogP contribution is -2.16. The second kappa shape index (κ2) is 14.6. The zero-order chi connectivity index (χ0) is 42.1. The minimum atomic E-state index is -0.0964. The fourth-order valence-electron chi connectivity index (χ4n) is 10.1. The summed E-state index contributed by atoms with van der Waals surface area (Å²) in [4.78, 5) is 2.33. The minimum Gasteiger partial charge on any atom is -0.456 e. The molecule has 0 atom stereocenters. The Morgan fingerprint density at radius 1 is 0.333 bits per heavy atom. The summed E-state index contributed by atoms with van der Waals surface area (Å²) in [5.41, 5.74) is 20.0. The summed E-state index contributed by atoms with van der Waals surface area (Å²) in [7, 11) is 0. The van der Waals surface area contributed by atoms with Crippen LogP contribution in [0.3, 0.4) is 0 Å². The smallest absolute Gasteiger partial charge is 0.137 e. The molecule has 0 saturated heterocycles. The average molecular weight is 806 g/mol. The quantitative estimate of drug-likeness (QED) is 0.160. The zero-order valence-electron chi connectivity index (χ0n) is 35.2. The summed E-state index contributed by atoms with van der Waals surface area (Å²) < 4.78 is 6.42. The minimum absolute atomic E-state index is 0.0964. The van der Waals surface area contributed by atoms with E-state index in [1.165, 1.54) is 77.5 Å². The van der Waals surface area contributed by atoms with Crippen LogP contribution in [0.5, 0.6) is 0 Å². The van der Waals surface area contributed by atoms with Crippen LogP contribution >= 0.6 is 0 Å². The van der Waals surface area contributed by atoms with Gasteiger partial charge in [0.1, 0.15) is 11.2 Å². The Hall–Kier alpha value is -7.94. The van der Waals surface area contributed by atoms with Crippen LogP contribution < -0.4 is 4.90 Å². The molecule has 0 bridgehead atoms.